The number of H-pyrrole nitrogens is 1. The molecule has 0 radical (unpaired) electrons. The van der Waals surface area contributed by atoms with E-state index < -0.39 is 12.0 Å². The van der Waals surface area contributed by atoms with Crippen molar-refractivity contribution in [3.8, 4) is 0 Å². The Kier molecular flexibility index (Phi) is 5.23. The number of aromatic nitrogens is 1. The highest BCUT2D eigenvalue weighted by molar-refractivity contribution is 7.98. The molecule has 1 aromatic heterocycles. The predicted octanol–water partition coefficient (Wildman–Crippen LogP) is 3.68. The van der Waals surface area contributed by atoms with Crippen molar-refractivity contribution < 1.29 is 9.90 Å². The molecule has 0 aliphatic carbocycles. The first-order valence-corrected chi connectivity index (χ1v) is 9.04. The van der Waals surface area contributed by atoms with Crippen molar-refractivity contribution in [1.29, 1.82) is 0 Å². The number of nitrogens with one attached hydrogen (secondary N) is 2. The summed E-state index contributed by atoms with van der Waals surface area (Å²) < 4.78 is 0. The summed E-state index contributed by atoms with van der Waals surface area (Å²) in [6.07, 6.45) is 4.38. The van der Waals surface area contributed by atoms with Crippen molar-refractivity contribution in [2.24, 2.45) is 0 Å². The smallest absolute Gasteiger partial charge is 0.321 e. The summed E-state index contributed by atoms with van der Waals surface area (Å²) >= 11 is 1.69. The minimum Gasteiger partial charge on any atom is -0.480 e. The van der Waals surface area contributed by atoms with Gasteiger partial charge in [-0.05, 0) is 35.6 Å². The maximum absolute atomic E-state index is 11.6. The van der Waals surface area contributed by atoms with Gasteiger partial charge in [0.15, 0.2) is 0 Å². The molecule has 0 bridgehead atoms. The van der Waals surface area contributed by atoms with Crippen LogP contribution in [-0.4, -0.2) is 28.4 Å². The molecule has 124 valence electrons. The van der Waals surface area contributed by atoms with Gasteiger partial charge in [-0.2, -0.15) is 0 Å². The van der Waals surface area contributed by atoms with E-state index in [4.69, 9.17) is 0 Å². The van der Waals surface area contributed by atoms with Crippen LogP contribution in [0.15, 0.2) is 59.6 Å². The molecule has 0 aliphatic heterocycles. The topological polar surface area (TPSA) is 65.1 Å². The highest BCUT2D eigenvalue weighted by atomic mass is 32.2. The highest BCUT2D eigenvalue weighted by Gasteiger charge is 2.19. The molecule has 0 saturated carbocycles. The fraction of sp³-hybridized carbons (Fsp3) is 0.211. The molecule has 2 aromatic carbocycles. The number of hydrogen-bond acceptors (Lipinski definition) is 3. The van der Waals surface area contributed by atoms with E-state index in [1.165, 1.54) is 4.90 Å². The molecule has 3 rings (SSSR count). The van der Waals surface area contributed by atoms with Crippen molar-refractivity contribution >= 4 is 28.6 Å². The molecule has 3 aromatic rings. The highest BCUT2D eigenvalue weighted by Crippen LogP contribution is 2.19. The van der Waals surface area contributed by atoms with Crippen LogP contribution >= 0.6 is 11.8 Å². The molecular weight excluding hydrogens is 320 g/mol. The number of carboxylic acids is 1. The Balaban J connectivity index is 1.69. The molecule has 1 atom stereocenters. The van der Waals surface area contributed by atoms with Crippen molar-refractivity contribution in [2.45, 2.75) is 23.9 Å². The van der Waals surface area contributed by atoms with Crippen LogP contribution < -0.4 is 5.32 Å². The number of fused-ring (bicyclic) bond motifs is 1. The van der Waals surface area contributed by atoms with Crippen LogP contribution in [0, 0.1) is 0 Å². The number of thioether (sulfide) groups is 1. The van der Waals surface area contributed by atoms with E-state index in [9.17, 15) is 9.90 Å². The Morgan fingerprint density at radius 1 is 1.21 bits per heavy atom. The number of hydrogen-bond donors (Lipinski definition) is 3. The monoisotopic (exact) mass is 340 g/mol. The zero-order valence-corrected chi connectivity index (χ0v) is 14.3. The molecule has 1 heterocycles. The summed E-state index contributed by atoms with van der Waals surface area (Å²) in [5.41, 5.74) is 3.13. The minimum absolute atomic E-state index is 0.447. The third-order valence-corrected chi connectivity index (χ3v) is 4.85. The largest absolute Gasteiger partial charge is 0.480 e. The molecule has 0 fully saturated rings. The molecular formula is C19H20N2O2S. The van der Waals surface area contributed by atoms with Gasteiger partial charge in [-0.1, -0.05) is 30.3 Å². The molecule has 3 N–H and O–H groups in total. The standard InChI is InChI=1S/C19H20N2O2S/c1-24-15-8-6-13(7-9-15)11-20-18(19(22)23)10-14-12-21-17-5-3-2-4-16(14)17/h2-9,12,18,20-21H,10-11H2,1H3,(H,22,23)/t18-/m0/s1. The van der Waals surface area contributed by atoms with Gasteiger partial charge < -0.3 is 15.4 Å². The van der Waals surface area contributed by atoms with Crippen molar-refractivity contribution in [3.05, 3.63) is 65.9 Å². The molecule has 0 unspecified atom stereocenters. The van der Waals surface area contributed by atoms with Crippen LogP contribution in [0.3, 0.4) is 0 Å². The maximum Gasteiger partial charge on any atom is 0.321 e. The summed E-state index contributed by atoms with van der Waals surface area (Å²) in [6.45, 7) is 0.536. The van der Waals surface area contributed by atoms with E-state index in [-0.39, 0.29) is 0 Å². The third kappa shape index (κ3) is 3.80. The molecule has 0 saturated heterocycles. The van der Waals surface area contributed by atoms with Crippen LogP contribution in [0.5, 0.6) is 0 Å². The maximum atomic E-state index is 11.6. The lowest BCUT2D eigenvalue weighted by atomic mass is 10.0. The van der Waals surface area contributed by atoms with Crippen LogP contribution in [0.25, 0.3) is 10.9 Å². The predicted molar refractivity (Wildman–Crippen MR) is 98.5 cm³/mol. The second-order valence-corrected chi connectivity index (χ2v) is 6.56. The first-order valence-electron chi connectivity index (χ1n) is 7.81. The Labute approximate surface area is 145 Å². The Hall–Kier alpha value is -2.24. The molecule has 0 aliphatic rings. The number of benzene rings is 2. The van der Waals surface area contributed by atoms with Crippen LogP contribution in [0.1, 0.15) is 11.1 Å². The first kappa shape index (κ1) is 16.6. The number of rotatable bonds is 7. The number of aromatic amines is 1. The van der Waals surface area contributed by atoms with Gasteiger partial charge in [-0.25, -0.2) is 0 Å². The van der Waals surface area contributed by atoms with E-state index in [2.05, 4.69) is 22.4 Å². The average Bonchev–Trinajstić information content (AvgIpc) is 3.02. The zero-order chi connectivity index (χ0) is 16.9. The SMILES string of the molecule is CSc1ccc(CN[C@@H](Cc2c[nH]c3ccccc23)C(=O)O)cc1. The molecule has 24 heavy (non-hydrogen) atoms. The van der Waals surface area contributed by atoms with Crippen molar-refractivity contribution in [1.82, 2.24) is 10.3 Å². The first-order chi connectivity index (χ1) is 11.7. The summed E-state index contributed by atoms with van der Waals surface area (Å²) in [5.74, 6) is -0.832. The Morgan fingerprint density at radius 3 is 2.67 bits per heavy atom. The number of carbonyl (C=O) groups is 1. The fourth-order valence-electron chi connectivity index (χ4n) is 2.75. The number of aliphatic carboxylic acids is 1. The minimum atomic E-state index is -0.832. The van der Waals surface area contributed by atoms with Gasteiger partial charge in [0.25, 0.3) is 0 Å². The van der Waals surface area contributed by atoms with Gasteiger partial charge in [0, 0.05) is 35.0 Å². The summed E-state index contributed by atoms with van der Waals surface area (Å²) in [5, 5.41) is 13.8. The zero-order valence-electron chi connectivity index (χ0n) is 13.5. The Morgan fingerprint density at radius 2 is 1.96 bits per heavy atom. The summed E-state index contributed by atoms with van der Waals surface area (Å²) in [4.78, 5) is 16.0. The van der Waals surface area contributed by atoms with E-state index >= 15 is 0 Å². The fourth-order valence-corrected chi connectivity index (χ4v) is 3.16. The van der Waals surface area contributed by atoms with E-state index in [1.54, 1.807) is 11.8 Å². The summed E-state index contributed by atoms with van der Waals surface area (Å²) in [6, 6.07) is 15.5. The van der Waals surface area contributed by atoms with Gasteiger partial charge in [0.05, 0.1) is 0 Å². The molecule has 5 heteroatoms. The molecule has 0 amide bonds. The third-order valence-electron chi connectivity index (χ3n) is 4.11. The number of para-hydroxylation sites is 1. The lowest BCUT2D eigenvalue weighted by Gasteiger charge is -2.14. The quantitative estimate of drug-likeness (QED) is 0.574. The van der Waals surface area contributed by atoms with Gasteiger partial charge >= 0.3 is 5.97 Å². The van der Waals surface area contributed by atoms with Gasteiger partial charge in [0.1, 0.15) is 6.04 Å². The van der Waals surface area contributed by atoms with Gasteiger partial charge in [-0.15, -0.1) is 11.8 Å². The number of carboxylic acid groups (broad SMARTS) is 1. The van der Waals surface area contributed by atoms with Crippen molar-refractivity contribution in [3.63, 3.8) is 0 Å². The van der Waals surface area contributed by atoms with E-state index in [0.29, 0.717) is 13.0 Å². The second-order valence-electron chi connectivity index (χ2n) is 5.68. The van der Waals surface area contributed by atoms with Gasteiger partial charge in [0.2, 0.25) is 0 Å². The Bertz CT molecular complexity index is 827. The lowest BCUT2D eigenvalue weighted by molar-refractivity contribution is -0.139. The van der Waals surface area contributed by atoms with Gasteiger partial charge in [-0.3, -0.25) is 4.79 Å². The van der Waals surface area contributed by atoms with E-state index in [0.717, 1.165) is 22.0 Å². The van der Waals surface area contributed by atoms with Crippen LogP contribution in [0.4, 0.5) is 0 Å². The molecule has 0 spiro atoms. The van der Waals surface area contributed by atoms with Crippen LogP contribution in [-0.2, 0) is 17.8 Å². The second kappa shape index (κ2) is 7.55. The average molecular weight is 340 g/mol. The van der Waals surface area contributed by atoms with Crippen LogP contribution in [0.2, 0.25) is 0 Å². The molecule has 4 nitrogen and oxygen atoms in total. The lowest BCUT2D eigenvalue weighted by Crippen LogP contribution is -2.38. The normalized spacial score (nSPS) is 12.4. The van der Waals surface area contributed by atoms with Crippen molar-refractivity contribution in [2.75, 3.05) is 6.26 Å². The van der Waals surface area contributed by atoms with E-state index in [1.807, 2.05) is 48.9 Å². The summed E-state index contributed by atoms with van der Waals surface area (Å²) in [7, 11) is 0.